The van der Waals surface area contributed by atoms with E-state index in [1.54, 1.807) is 0 Å². The second kappa shape index (κ2) is 5.35. The fourth-order valence-corrected chi connectivity index (χ4v) is 2.38. The molecular formula is C13H17Br. The molecule has 1 atom stereocenters. The summed E-state index contributed by atoms with van der Waals surface area (Å²) in [6.07, 6.45) is 5.44. The highest BCUT2D eigenvalue weighted by atomic mass is 79.9. The molecule has 0 aliphatic carbocycles. The summed E-state index contributed by atoms with van der Waals surface area (Å²) in [6, 6.07) is 6.57. The zero-order valence-corrected chi connectivity index (χ0v) is 10.6. The monoisotopic (exact) mass is 252 g/mol. The van der Waals surface area contributed by atoms with E-state index in [4.69, 9.17) is 0 Å². The Balaban J connectivity index is 2.84. The molecule has 1 aromatic carbocycles. The highest BCUT2D eigenvalue weighted by Gasteiger charge is 2.07. The minimum atomic E-state index is 0.584. The molecule has 0 aliphatic heterocycles. The average Bonchev–Trinajstić information content (AvgIpc) is 2.14. The summed E-state index contributed by atoms with van der Waals surface area (Å²) in [5.41, 5.74) is 2.70. The minimum Gasteiger partial charge on any atom is -0.0916 e. The first-order chi connectivity index (χ1) is 6.65. The lowest BCUT2D eigenvalue weighted by Gasteiger charge is -2.12. The van der Waals surface area contributed by atoms with Gasteiger partial charge in [-0.2, -0.15) is 0 Å². The van der Waals surface area contributed by atoms with Crippen molar-refractivity contribution in [3.05, 3.63) is 46.0 Å². The van der Waals surface area contributed by atoms with Crippen molar-refractivity contribution in [3.8, 4) is 0 Å². The third kappa shape index (κ3) is 2.98. The molecule has 0 nitrogen and oxygen atoms in total. The quantitative estimate of drug-likeness (QED) is 0.677. The maximum atomic E-state index is 3.62. The summed E-state index contributed by atoms with van der Waals surface area (Å²) in [5.74, 6) is 0.584. The Morgan fingerprint density at radius 1 is 1.43 bits per heavy atom. The summed E-state index contributed by atoms with van der Waals surface area (Å²) in [4.78, 5) is 0. The molecule has 14 heavy (non-hydrogen) atoms. The third-order valence-corrected chi connectivity index (χ3v) is 3.10. The molecule has 0 spiro atoms. The van der Waals surface area contributed by atoms with E-state index in [2.05, 4.69) is 67.1 Å². The number of halogens is 1. The molecule has 0 N–H and O–H groups in total. The maximum Gasteiger partial charge on any atom is 0.0212 e. The Bertz CT molecular complexity index is 326. The first kappa shape index (κ1) is 11.5. The normalized spacial score (nSPS) is 13.4. The van der Waals surface area contributed by atoms with Crippen molar-refractivity contribution in [2.24, 2.45) is 0 Å². The molecule has 1 aromatic rings. The van der Waals surface area contributed by atoms with Crippen molar-refractivity contribution in [3.63, 3.8) is 0 Å². The lowest BCUT2D eigenvalue weighted by atomic mass is 9.97. The lowest BCUT2D eigenvalue weighted by molar-refractivity contribution is 0.775. The summed E-state index contributed by atoms with van der Waals surface area (Å²) < 4.78 is 1.23. The van der Waals surface area contributed by atoms with Crippen LogP contribution in [0.25, 0.3) is 0 Å². The predicted molar refractivity (Wildman–Crippen MR) is 66.7 cm³/mol. The van der Waals surface area contributed by atoms with Crippen LogP contribution in [0.2, 0.25) is 0 Å². The molecule has 0 fully saturated rings. The van der Waals surface area contributed by atoms with Crippen molar-refractivity contribution in [2.45, 2.75) is 33.1 Å². The van der Waals surface area contributed by atoms with Gasteiger partial charge in [0.2, 0.25) is 0 Å². The zero-order valence-electron chi connectivity index (χ0n) is 9.05. The standard InChI is InChI=1S/C13H17Br/c1-4-5-6-11(3)12-8-7-10(2)9-13(12)14/h4-5,7-9,11H,6H2,1-3H3/b5-4-. The number of benzene rings is 1. The molecule has 0 aromatic heterocycles. The smallest absolute Gasteiger partial charge is 0.0212 e. The number of hydrogen-bond donors (Lipinski definition) is 0. The Morgan fingerprint density at radius 2 is 2.14 bits per heavy atom. The number of allylic oxidation sites excluding steroid dienone is 2. The molecule has 0 saturated carbocycles. The lowest BCUT2D eigenvalue weighted by Crippen LogP contribution is -1.93. The van der Waals surface area contributed by atoms with Crippen LogP contribution in [0.4, 0.5) is 0 Å². The summed E-state index contributed by atoms with van der Waals surface area (Å²) >= 11 is 3.62. The van der Waals surface area contributed by atoms with Crippen LogP contribution in [-0.2, 0) is 0 Å². The second-order valence-corrected chi connectivity index (χ2v) is 4.59. The van der Waals surface area contributed by atoms with Crippen molar-refractivity contribution in [1.82, 2.24) is 0 Å². The Hall–Kier alpha value is -0.560. The van der Waals surface area contributed by atoms with Crippen LogP contribution < -0.4 is 0 Å². The van der Waals surface area contributed by atoms with Crippen molar-refractivity contribution >= 4 is 15.9 Å². The summed E-state index contributed by atoms with van der Waals surface area (Å²) in [7, 11) is 0. The van der Waals surface area contributed by atoms with Gasteiger partial charge in [0.25, 0.3) is 0 Å². The van der Waals surface area contributed by atoms with Gasteiger partial charge in [0.1, 0.15) is 0 Å². The van der Waals surface area contributed by atoms with Gasteiger partial charge in [-0.15, -0.1) is 0 Å². The molecule has 0 radical (unpaired) electrons. The van der Waals surface area contributed by atoms with Crippen molar-refractivity contribution in [2.75, 3.05) is 0 Å². The van der Waals surface area contributed by atoms with Crippen molar-refractivity contribution < 1.29 is 0 Å². The largest absolute Gasteiger partial charge is 0.0916 e. The van der Waals surface area contributed by atoms with E-state index in [0.717, 1.165) is 6.42 Å². The molecule has 76 valence electrons. The Morgan fingerprint density at radius 3 is 2.71 bits per heavy atom. The molecule has 0 bridgehead atoms. The van der Waals surface area contributed by atoms with Crippen LogP contribution in [0.1, 0.15) is 37.3 Å². The summed E-state index contributed by atoms with van der Waals surface area (Å²) in [6.45, 7) is 6.44. The van der Waals surface area contributed by atoms with Gasteiger partial charge in [0, 0.05) is 4.47 Å². The van der Waals surface area contributed by atoms with Crippen LogP contribution in [0.15, 0.2) is 34.8 Å². The Kier molecular flexibility index (Phi) is 4.40. The van der Waals surface area contributed by atoms with Crippen molar-refractivity contribution in [1.29, 1.82) is 0 Å². The van der Waals surface area contributed by atoms with Crippen LogP contribution >= 0.6 is 15.9 Å². The zero-order chi connectivity index (χ0) is 10.6. The first-order valence-corrected chi connectivity index (χ1v) is 5.81. The SMILES string of the molecule is C/C=C\CC(C)c1ccc(C)cc1Br. The highest BCUT2D eigenvalue weighted by Crippen LogP contribution is 2.28. The molecular weight excluding hydrogens is 236 g/mol. The second-order valence-electron chi connectivity index (χ2n) is 3.73. The van der Waals surface area contributed by atoms with Gasteiger partial charge in [-0.05, 0) is 43.4 Å². The molecule has 1 heteroatoms. The molecule has 0 heterocycles. The van der Waals surface area contributed by atoms with Gasteiger partial charge in [-0.3, -0.25) is 0 Å². The molecule has 0 aliphatic rings. The average molecular weight is 253 g/mol. The van der Waals surface area contributed by atoms with Gasteiger partial charge < -0.3 is 0 Å². The molecule has 1 rings (SSSR count). The van der Waals surface area contributed by atoms with Crippen LogP contribution in [0.5, 0.6) is 0 Å². The van der Waals surface area contributed by atoms with E-state index in [9.17, 15) is 0 Å². The molecule has 1 unspecified atom stereocenters. The number of hydrogen-bond acceptors (Lipinski definition) is 0. The molecule has 0 amide bonds. The van der Waals surface area contributed by atoms with Crippen LogP contribution in [0.3, 0.4) is 0 Å². The third-order valence-electron chi connectivity index (χ3n) is 2.41. The topological polar surface area (TPSA) is 0 Å². The maximum absolute atomic E-state index is 3.62. The van der Waals surface area contributed by atoms with Gasteiger partial charge in [0.05, 0.1) is 0 Å². The predicted octanol–water partition coefficient (Wildman–Crippen LogP) is 4.83. The van der Waals surface area contributed by atoms with E-state index in [1.165, 1.54) is 15.6 Å². The van der Waals surface area contributed by atoms with Gasteiger partial charge >= 0.3 is 0 Å². The molecule has 0 saturated heterocycles. The van der Waals surface area contributed by atoms with Gasteiger partial charge in [-0.1, -0.05) is 47.1 Å². The van der Waals surface area contributed by atoms with Gasteiger partial charge in [0.15, 0.2) is 0 Å². The minimum absolute atomic E-state index is 0.584. The fraction of sp³-hybridized carbons (Fsp3) is 0.385. The fourth-order valence-electron chi connectivity index (χ4n) is 1.50. The van der Waals surface area contributed by atoms with E-state index in [0.29, 0.717) is 5.92 Å². The van der Waals surface area contributed by atoms with E-state index < -0.39 is 0 Å². The first-order valence-electron chi connectivity index (χ1n) is 5.02. The Labute approximate surface area is 95.2 Å². The van der Waals surface area contributed by atoms with E-state index in [-0.39, 0.29) is 0 Å². The van der Waals surface area contributed by atoms with E-state index in [1.807, 2.05) is 0 Å². The van der Waals surface area contributed by atoms with Crippen LogP contribution in [0, 0.1) is 6.92 Å². The highest BCUT2D eigenvalue weighted by molar-refractivity contribution is 9.10. The number of aryl methyl sites for hydroxylation is 1. The van der Waals surface area contributed by atoms with Crippen LogP contribution in [-0.4, -0.2) is 0 Å². The van der Waals surface area contributed by atoms with E-state index >= 15 is 0 Å². The number of rotatable bonds is 3. The summed E-state index contributed by atoms with van der Waals surface area (Å²) in [5, 5.41) is 0. The van der Waals surface area contributed by atoms with Gasteiger partial charge in [-0.25, -0.2) is 0 Å².